The fourth-order valence-electron chi connectivity index (χ4n) is 2.67. The van der Waals surface area contributed by atoms with Crippen LogP contribution in [0.1, 0.15) is 22.4 Å². The highest BCUT2D eigenvalue weighted by atomic mass is 16.5. The molecule has 1 aromatic heterocycles. The number of amides is 1. The minimum Gasteiger partial charge on any atom is -0.483 e. The van der Waals surface area contributed by atoms with Gasteiger partial charge in [0.25, 0.3) is 5.91 Å². The summed E-state index contributed by atoms with van der Waals surface area (Å²) in [5.41, 5.74) is 7.61. The maximum absolute atomic E-state index is 11.9. The van der Waals surface area contributed by atoms with Crippen LogP contribution in [0.3, 0.4) is 0 Å². The van der Waals surface area contributed by atoms with Gasteiger partial charge in [0.05, 0.1) is 6.21 Å². The fourth-order valence-corrected chi connectivity index (χ4v) is 2.67. The number of para-hydroxylation sites is 1. The number of H-pyrrole nitrogens is 1. The largest absolute Gasteiger partial charge is 0.483 e. The minimum absolute atomic E-state index is 0.0749. The van der Waals surface area contributed by atoms with E-state index in [1.807, 2.05) is 63.2 Å². The van der Waals surface area contributed by atoms with Gasteiger partial charge < -0.3 is 9.72 Å². The van der Waals surface area contributed by atoms with E-state index in [0.717, 1.165) is 33.3 Å². The maximum Gasteiger partial charge on any atom is 0.277 e. The number of nitrogens with one attached hydrogen (secondary N) is 2. The number of aryl methyl sites for hydroxylation is 3. The van der Waals surface area contributed by atoms with Gasteiger partial charge >= 0.3 is 0 Å². The highest BCUT2D eigenvalue weighted by molar-refractivity contribution is 6.00. The van der Waals surface area contributed by atoms with E-state index in [2.05, 4.69) is 15.5 Å². The van der Waals surface area contributed by atoms with Crippen LogP contribution in [0.2, 0.25) is 0 Å². The summed E-state index contributed by atoms with van der Waals surface area (Å²) < 4.78 is 5.57. The molecule has 1 heterocycles. The number of aromatic amines is 1. The highest BCUT2D eigenvalue weighted by Gasteiger charge is 2.07. The number of rotatable bonds is 5. The first kappa shape index (κ1) is 16.8. The molecular weight excluding hydrogens is 314 g/mol. The molecule has 1 amide bonds. The van der Waals surface area contributed by atoms with Gasteiger partial charge in [-0.2, -0.15) is 5.10 Å². The number of hydrogen-bond acceptors (Lipinski definition) is 3. The van der Waals surface area contributed by atoms with Crippen LogP contribution in [0.25, 0.3) is 10.9 Å². The molecule has 5 heteroatoms. The molecule has 5 nitrogen and oxygen atoms in total. The van der Waals surface area contributed by atoms with Gasteiger partial charge in [-0.05, 0) is 44.0 Å². The standard InChI is InChI=1S/C20H21N3O2/c1-13-8-9-14(2)19(10-13)25-12-20(24)23-21-11-17-15(3)22-18-7-5-4-6-16(17)18/h4-11,22H,12H2,1-3H3,(H,23,24)/b21-11+. The van der Waals surface area contributed by atoms with Gasteiger partial charge in [-0.25, -0.2) is 5.43 Å². The lowest BCUT2D eigenvalue weighted by atomic mass is 10.1. The van der Waals surface area contributed by atoms with E-state index in [-0.39, 0.29) is 12.5 Å². The van der Waals surface area contributed by atoms with E-state index in [9.17, 15) is 4.79 Å². The molecule has 0 fully saturated rings. The number of benzene rings is 2. The lowest BCUT2D eigenvalue weighted by molar-refractivity contribution is -0.123. The molecular formula is C20H21N3O2. The molecule has 2 aromatic carbocycles. The lowest BCUT2D eigenvalue weighted by Gasteiger charge is -2.08. The summed E-state index contributed by atoms with van der Waals surface area (Å²) in [4.78, 5) is 15.2. The van der Waals surface area contributed by atoms with Gasteiger partial charge in [0.2, 0.25) is 0 Å². The van der Waals surface area contributed by atoms with Gasteiger partial charge in [-0.15, -0.1) is 0 Å². The molecule has 25 heavy (non-hydrogen) atoms. The molecule has 0 aliphatic carbocycles. The van der Waals surface area contributed by atoms with Crippen molar-refractivity contribution >= 4 is 23.0 Å². The normalized spacial score (nSPS) is 11.2. The molecule has 128 valence electrons. The summed E-state index contributed by atoms with van der Waals surface area (Å²) in [6.07, 6.45) is 1.66. The minimum atomic E-state index is -0.297. The van der Waals surface area contributed by atoms with Gasteiger partial charge in [-0.1, -0.05) is 30.3 Å². The zero-order chi connectivity index (χ0) is 17.8. The molecule has 0 spiro atoms. The van der Waals surface area contributed by atoms with Crippen molar-refractivity contribution in [1.29, 1.82) is 0 Å². The van der Waals surface area contributed by atoms with E-state index >= 15 is 0 Å². The van der Waals surface area contributed by atoms with Crippen LogP contribution in [-0.4, -0.2) is 23.7 Å². The molecule has 0 radical (unpaired) electrons. The van der Waals surface area contributed by atoms with Crippen molar-refractivity contribution in [3.8, 4) is 5.75 Å². The summed E-state index contributed by atoms with van der Waals surface area (Å²) >= 11 is 0. The number of aromatic nitrogens is 1. The summed E-state index contributed by atoms with van der Waals surface area (Å²) in [5, 5.41) is 5.13. The summed E-state index contributed by atoms with van der Waals surface area (Å²) in [6.45, 7) is 5.84. The van der Waals surface area contributed by atoms with Crippen LogP contribution in [0.4, 0.5) is 0 Å². The fraction of sp³-hybridized carbons (Fsp3) is 0.200. The second-order valence-electron chi connectivity index (χ2n) is 6.06. The third-order valence-corrected chi connectivity index (χ3v) is 4.03. The molecule has 0 atom stereocenters. The Bertz CT molecular complexity index is 941. The summed E-state index contributed by atoms with van der Waals surface area (Å²) in [6, 6.07) is 13.9. The molecule has 3 aromatic rings. The topological polar surface area (TPSA) is 66.5 Å². The first-order chi connectivity index (χ1) is 12.0. The summed E-state index contributed by atoms with van der Waals surface area (Å²) in [5.74, 6) is 0.418. The van der Waals surface area contributed by atoms with Gasteiger partial charge in [0.1, 0.15) is 5.75 Å². The van der Waals surface area contributed by atoms with Crippen LogP contribution < -0.4 is 10.2 Å². The van der Waals surface area contributed by atoms with Crippen LogP contribution >= 0.6 is 0 Å². The molecule has 0 aliphatic rings. The monoisotopic (exact) mass is 335 g/mol. The molecule has 0 aliphatic heterocycles. The molecule has 0 saturated heterocycles. The van der Waals surface area contributed by atoms with Crippen molar-refractivity contribution in [3.63, 3.8) is 0 Å². The quantitative estimate of drug-likeness (QED) is 0.552. The Morgan fingerprint density at radius 3 is 2.84 bits per heavy atom. The molecule has 3 rings (SSSR count). The first-order valence-electron chi connectivity index (χ1n) is 8.14. The van der Waals surface area contributed by atoms with Crippen molar-refractivity contribution in [2.24, 2.45) is 5.10 Å². The maximum atomic E-state index is 11.9. The van der Waals surface area contributed by atoms with Crippen LogP contribution in [-0.2, 0) is 4.79 Å². The van der Waals surface area contributed by atoms with Gasteiger partial charge in [-0.3, -0.25) is 4.79 Å². The van der Waals surface area contributed by atoms with Crippen LogP contribution in [0.5, 0.6) is 5.75 Å². The molecule has 2 N–H and O–H groups in total. The van der Waals surface area contributed by atoms with E-state index in [1.54, 1.807) is 6.21 Å². The Kier molecular flexibility index (Phi) is 4.84. The Hall–Kier alpha value is -3.08. The Balaban J connectivity index is 1.61. The number of hydrazone groups is 1. The van der Waals surface area contributed by atoms with Crippen molar-refractivity contribution in [2.75, 3.05) is 6.61 Å². The molecule has 0 unspecified atom stereocenters. The number of ether oxygens (including phenoxy) is 1. The average molecular weight is 335 g/mol. The SMILES string of the molecule is Cc1ccc(C)c(OCC(=O)N/N=C/c2c(C)[nH]c3ccccc23)c1. The second kappa shape index (κ2) is 7.21. The van der Waals surface area contributed by atoms with Crippen molar-refractivity contribution < 1.29 is 9.53 Å². The number of carbonyl (C=O) groups is 1. The van der Waals surface area contributed by atoms with Crippen molar-refractivity contribution in [3.05, 3.63) is 64.8 Å². The zero-order valence-electron chi connectivity index (χ0n) is 14.6. The highest BCUT2D eigenvalue weighted by Crippen LogP contribution is 2.20. The van der Waals surface area contributed by atoms with E-state index < -0.39 is 0 Å². The smallest absolute Gasteiger partial charge is 0.277 e. The predicted molar refractivity (Wildman–Crippen MR) is 100 cm³/mol. The lowest BCUT2D eigenvalue weighted by Crippen LogP contribution is -2.24. The Morgan fingerprint density at radius 2 is 2.00 bits per heavy atom. The van der Waals surface area contributed by atoms with Gasteiger partial charge in [0.15, 0.2) is 6.61 Å². The number of nitrogens with zero attached hydrogens (tertiary/aromatic N) is 1. The first-order valence-corrected chi connectivity index (χ1v) is 8.14. The van der Waals surface area contributed by atoms with Crippen molar-refractivity contribution in [1.82, 2.24) is 10.4 Å². The Labute approximate surface area is 146 Å². The molecule has 0 bridgehead atoms. The third-order valence-electron chi connectivity index (χ3n) is 4.03. The summed E-state index contributed by atoms with van der Waals surface area (Å²) in [7, 11) is 0. The van der Waals surface area contributed by atoms with E-state index in [1.165, 1.54) is 0 Å². The number of carbonyl (C=O) groups excluding carboxylic acids is 1. The Morgan fingerprint density at radius 1 is 1.20 bits per heavy atom. The number of fused-ring (bicyclic) bond motifs is 1. The average Bonchev–Trinajstić information content (AvgIpc) is 2.91. The predicted octanol–water partition coefficient (Wildman–Crippen LogP) is 3.62. The van der Waals surface area contributed by atoms with E-state index in [4.69, 9.17) is 4.74 Å². The van der Waals surface area contributed by atoms with Crippen molar-refractivity contribution in [2.45, 2.75) is 20.8 Å². The van der Waals surface area contributed by atoms with E-state index in [0.29, 0.717) is 5.75 Å². The second-order valence-corrected chi connectivity index (χ2v) is 6.06. The third kappa shape index (κ3) is 3.88. The number of hydrogen-bond donors (Lipinski definition) is 2. The van der Waals surface area contributed by atoms with Crippen LogP contribution in [0.15, 0.2) is 47.6 Å². The molecule has 0 saturated carbocycles. The van der Waals surface area contributed by atoms with Gasteiger partial charge in [0, 0.05) is 22.2 Å². The van der Waals surface area contributed by atoms with Crippen LogP contribution in [0, 0.1) is 20.8 Å². The zero-order valence-corrected chi connectivity index (χ0v) is 14.6.